The maximum absolute atomic E-state index is 12.5. The second-order valence-electron chi connectivity index (χ2n) is 6.17. The number of ether oxygens (including phenoxy) is 2. The highest BCUT2D eigenvalue weighted by atomic mass is 32.1. The van der Waals surface area contributed by atoms with E-state index < -0.39 is 5.97 Å². The van der Waals surface area contributed by atoms with Crippen LogP contribution in [0.15, 0.2) is 5.16 Å². The molecule has 0 unspecified atom stereocenters. The molecule has 2 N–H and O–H groups in total. The Kier molecular flexibility index (Phi) is 6.23. The molecule has 0 saturated carbocycles. The molecule has 1 aliphatic heterocycles. The van der Waals surface area contributed by atoms with E-state index in [1.807, 2.05) is 4.90 Å². The van der Waals surface area contributed by atoms with Crippen LogP contribution in [0.2, 0.25) is 0 Å². The number of hydrogen-bond donors (Lipinski definition) is 2. The number of fused-ring (bicyclic) bond motifs is 1. The van der Waals surface area contributed by atoms with Crippen LogP contribution in [0.3, 0.4) is 0 Å². The second kappa shape index (κ2) is 8.61. The van der Waals surface area contributed by atoms with Crippen LogP contribution in [0.25, 0.3) is 0 Å². The van der Waals surface area contributed by atoms with Gasteiger partial charge in [-0.05, 0) is 31.7 Å². The van der Waals surface area contributed by atoms with Crippen LogP contribution >= 0.6 is 11.3 Å². The molecule has 3 rings (SSSR count). The van der Waals surface area contributed by atoms with Crippen LogP contribution in [0.1, 0.15) is 40.6 Å². The third kappa shape index (κ3) is 4.05. The molecule has 8 nitrogen and oxygen atoms in total. The molecule has 1 aromatic rings. The van der Waals surface area contributed by atoms with Gasteiger partial charge in [-0.25, -0.2) is 4.79 Å². The first-order chi connectivity index (χ1) is 12.6. The van der Waals surface area contributed by atoms with Crippen LogP contribution in [-0.4, -0.2) is 67.2 Å². The summed E-state index contributed by atoms with van der Waals surface area (Å²) in [6.07, 6.45) is 2.13. The van der Waals surface area contributed by atoms with E-state index in [2.05, 4.69) is 10.5 Å². The van der Waals surface area contributed by atoms with Gasteiger partial charge in [-0.15, -0.1) is 11.3 Å². The summed E-state index contributed by atoms with van der Waals surface area (Å²) in [5, 5.41) is 15.9. The van der Waals surface area contributed by atoms with Crippen molar-refractivity contribution >= 4 is 33.9 Å². The molecule has 1 amide bonds. The van der Waals surface area contributed by atoms with Gasteiger partial charge < -0.3 is 20.0 Å². The highest BCUT2D eigenvalue weighted by Gasteiger charge is 2.30. The number of oxime groups is 1. The Balaban J connectivity index is 1.84. The van der Waals surface area contributed by atoms with Gasteiger partial charge in [0.2, 0.25) is 5.91 Å². The fraction of sp³-hybridized carbons (Fsp3) is 0.588. The summed E-state index contributed by atoms with van der Waals surface area (Å²) in [4.78, 5) is 27.7. The van der Waals surface area contributed by atoms with Crippen molar-refractivity contribution in [3.63, 3.8) is 0 Å². The molecular weight excluding hydrogens is 358 g/mol. The number of carbonyl (C=O) groups excluding carboxylic acids is 2. The van der Waals surface area contributed by atoms with E-state index >= 15 is 0 Å². The van der Waals surface area contributed by atoms with Gasteiger partial charge in [-0.3, -0.25) is 9.69 Å². The summed E-state index contributed by atoms with van der Waals surface area (Å²) in [5.41, 5.74) is 1.74. The van der Waals surface area contributed by atoms with E-state index in [4.69, 9.17) is 9.47 Å². The zero-order valence-corrected chi connectivity index (χ0v) is 15.6. The maximum atomic E-state index is 12.5. The standard InChI is InChI=1S/C17H23N3O5S/c1-2-25-17(22)14-11-4-3-5-12(19-23)15(11)26-16(14)18-13(21)10-20-6-8-24-9-7-20/h23H,2-10H2,1H3,(H,18,21)/b19-12-. The Morgan fingerprint density at radius 3 is 2.81 bits per heavy atom. The zero-order chi connectivity index (χ0) is 18.5. The van der Waals surface area contributed by atoms with Crippen molar-refractivity contribution in [2.75, 3.05) is 44.8 Å². The molecule has 0 radical (unpaired) electrons. The average molecular weight is 381 g/mol. The van der Waals surface area contributed by atoms with Crippen LogP contribution in [0.4, 0.5) is 5.00 Å². The quantitative estimate of drug-likeness (QED) is 0.458. The lowest BCUT2D eigenvalue weighted by Crippen LogP contribution is -2.41. The average Bonchev–Trinajstić information content (AvgIpc) is 3.00. The van der Waals surface area contributed by atoms with Crippen molar-refractivity contribution in [3.05, 3.63) is 16.0 Å². The minimum Gasteiger partial charge on any atom is -0.462 e. The first-order valence-electron chi connectivity index (χ1n) is 8.78. The third-order valence-corrected chi connectivity index (χ3v) is 5.63. The molecule has 2 heterocycles. The molecule has 1 fully saturated rings. The normalized spacial score (nSPS) is 19.2. The SMILES string of the molecule is CCOC(=O)c1c(NC(=O)CN2CCOCC2)sc2c1CCC/C2=N/O. The number of esters is 1. The lowest BCUT2D eigenvalue weighted by Gasteiger charge is -2.25. The van der Waals surface area contributed by atoms with Gasteiger partial charge in [0.05, 0.1) is 42.5 Å². The first-order valence-corrected chi connectivity index (χ1v) is 9.59. The molecular formula is C17H23N3O5S. The summed E-state index contributed by atoms with van der Waals surface area (Å²) in [5.74, 6) is -0.635. The smallest absolute Gasteiger partial charge is 0.341 e. The molecule has 1 aliphatic carbocycles. The minimum absolute atomic E-state index is 0.182. The van der Waals surface area contributed by atoms with Crippen LogP contribution in [0.5, 0.6) is 0 Å². The highest BCUT2D eigenvalue weighted by molar-refractivity contribution is 7.19. The molecule has 9 heteroatoms. The topological polar surface area (TPSA) is 100 Å². The fourth-order valence-electron chi connectivity index (χ4n) is 3.21. The van der Waals surface area contributed by atoms with Gasteiger partial charge in [0.1, 0.15) is 5.00 Å². The Bertz CT molecular complexity index is 709. The van der Waals surface area contributed by atoms with Gasteiger partial charge in [0.25, 0.3) is 0 Å². The molecule has 0 atom stereocenters. The summed E-state index contributed by atoms with van der Waals surface area (Å²) < 4.78 is 10.5. The Morgan fingerprint density at radius 1 is 1.35 bits per heavy atom. The van der Waals surface area contributed by atoms with Crippen molar-refractivity contribution < 1.29 is 24.3 Å². The van der Waals surface area contributed by atoms with Gasteiger partial charge in [0, 0.05) is 13.1 Å². The maximum Gasteiger partial charge on any atom is 0.341 e. The second-order valence-corrected chi connectivity index (χ2v) is 7.19. The number of morpholine rings is 1. The van der Waals surface area contributed by atoms with E-state index in [0.29, 0.717) is 55.4 Å². The van der Waals surface area contributed by atoms with Crippen molar-refractivity contribution in [1.29, 1.82) is 0 Å². The summed E-state index contributed by atoms with van der Waals surface area (Å²) in [6, 6.07) is 0. The van der Waals surface area contributed by atoms with Crippen molar-refractivity contribution in [2.45, 2.75) is 26.2 Å². The van der Waals surface area contributed by atoms with Crippen LogP contribution in [0, 0.1) is 0 Å². The molecule has 1 saturated heterocycles. The number of rotatable bonds is 5. The molecule has 2 aliphatic rings. The van der Waals surface area contributed by atoms with E-state index in [9.17, 15) is 14.8 Å². The molecule has 26 heavy (non-hydrogen) atoms. The predicted octanol–water partition coefficient (Wildman–Crippen LogP) is 1.71. The number of nitrogens with one attached hydrogen (secondary N) is 1. The Morgan fingerprint density at radius 2 is 2.12 bits per heavy atom. The molecule has 142 valence electrons. The van der Waals surface area contributed by atoms with Crippen molar-refractivity contribution in [3.8, 4) is 0 Å². The van der Waals surface area contributed by atoms with Gasteiger partial charge >= 0.3 is 5.97 Å². The number of amides is 1. The van der Waals surface area contributed by atoms with E-state index in [1.54, 1.807) is 6.92 Å². The van der Waals surface area contributed by atoms with Gasteiger partial charge in [0.15, 0.2) is 0 Å². The highest BCUT2D eigenvalue weighted by Crippen LogP contribution is 2.38. The summed E-state index contributed by atoms with van der Waals surface area (Å²) in [6.45, 7) is 4.89. The monoisotopic (exact) mass is 381 g/mol. The largest absolute Gasteiger partial charge is 0.462 e. The summed E-state index contributed by atoms with van der Waals surface area (Å²) in [7, 11) is 0. The zero-order valence-electron chi connectivity index (χ0n) is 14.7. The lowest BCUT2D eigenvalue weighted by molar-refractivity contribution is -0.118. The molecule has 0 spiro atoms. The lowest BCUT2D eigenvalue weighted by atomic mass is 9.94. The minimum atomic E-state index is -0.453. The van der Waals surface area contributed by atoms with Gasteiger partial charge in [-0.2, -0.15) is 0 Å². The Hall–Kier alpha value is -1.97. The first kappa shape index (κ1) is 18.8. The molecule has 0 bridgehead atoms. The number of nitrogens with zero attached hydrogens (tertiary/aromatic N) is 2. The number of anilines is 1. The predicted molar refractivity (Wildman–Crippen MR) is 97.4 cm³/mol. The van der Waals surface area contributed by atoms with E-state index in [1.165, 1.54) is 11.3 Å². The van der Waals surface area contributed by atoms with Crippen molar-refractivity contribution in [1.82, 2.24) is 4.90 Å². The van der Waals surface area contributed by atoms with E-state index in [-0.39, 0.29) is 19.1 Å². The number of thiophene rings is 1. The number of hydrogen-bond acceptors (Lipinski definition) is 8. The van der Waals surface area contributed by atoms with Crippen LogP contribution < -0.4 is 5.32 Å². The molecule has 1 aromatic heterocycles. The summed E-state index contributed by atoms with van der Waals surface area (Å²) >= 11 is 1.27. The van der Waals surface area contributed by atoms with Crippen LogP contribution in [-0.2, 0) is 20.7 Å². The third-order valence-electron chi connectivity index (χ3n) is 4.43. The Labute approximate surface area is 155 Å². The molecule has 0 aromatic carbocycles. The fourth-order valence-corrected chi connectivity index (χ4v) is 4.48. The van der Waals surface area contributed by atoms with E-state index in [0.717, 1.165) is 16.9 Å². The van der Waals surface area contributed by atoms with Crippen molar-refractivity contribution in [2.24, 2.45) is 5.16 Å². The number of carbonyl (C=O) groups is 2. The van der Waals surface area contributed by atoms with Gasteiger partial charge in [-0.1, -0.05) is 5.16 Å².